The minimum atomic E-state index is -0.333. The van der Waals surface area contributed by atoms with Gasteiger partial charge >= 0.3 is 6.03 Å². The average Bonchev–Trinajstić information content (AvgIpc) is 2.92. The van der Waals surface area contributed by atoms with Crippen molar-refractivity contribution < 1.29 is 4.79 Å². The quantitative estimate of drug-likeness (QED) is 0.0669. The standard InChI is InChI=1S/C35H68N2O/c1-3-5-7-9-11-13-15-17-19-21-23-25-27-29-31-33-36-35(38)37-34-32-30-28-26-24-22-20-18-16-14-12-10-8-6-4-2/h33-34H,3-32H2,1-2H3. The second-order valence-electron chi connectivity index (χ2n) is 11.7. The first-order valence-electron chi connectivity index (χ1n) is 17.4. The molecule has 38 heavy (non-hydrogen) atoms. The van der Waals surface area contributed by atoms with Crippen molar-refractivity contribution in [1.82, 2.24) is 0 Å². The van der Waals surface area contributed by atoms with E-state index in [4.69, 9.17) is 0 Å². The van der Waals surface area contributed by atoms with Crippen molar-refractivity contribution in [2.24, 2.45) is 9.98 Å². The van der Waals surface area contributed by atoms with E-state index < -0.39 is 0 Å². The molecule has 0 bridgehead atoms. The second-order valence-corrected chi connectivity index (χ2v) is 11.7. The fraction of sp³-hybridized carbons (Fsp3) is 0.914. The zero-order valence-corrected chi connectivity index (χ0v) is 26.2. The van der Waals surface area contributed by atoms with E-state index in [1.54, 1.807) is 12.4 Å². The zero-order valence-electron chi connectivity index (χ0n) is 26.2. The third-order valence-corrected chi connectivity index (χ3v) is 7.78. The number of urea groups is 1. The summed E-state index contributed by atoms with van der Waals surface area (Å²) in [4.78, 5) is 19.7. The molecule has 3 nitrogen and oxygen atoms in total. The largest absolute Gasteiger partial charge is 0.366 e. The minimum Gasteiger partial charge on any atom is -0.244 e. The van der Waals surface area contributed by atoms with Crippen LogP contribution in [0.3, 0.4) is 0 Å². The van der Waals surface area contributed by atoms with Gasteiger partial charge in [0.15, 0.2) is 0 Å². The highest BCUT2D eigenvalue weighted by atomic mass is 16.2. The Kier molecular flexibility index (Phi) is 33.2. The van der Waals surface area contributed by atoms with Crippen LogP contribution in [0.4, 0.5) is 4.79 Å². The third-order valence-electron chi connectivity index (χ3n) is 7.78. The van der Waals surface area contributed by atoms with Crippen LogP contribution in [0.15, 0.2) is 9.98 Å². The van der Waals surface area contributed by atoms with Crippen LogP contribution in [0.2, 0.25) is 0 Å². The lowest BCUT2D eigenvalue weighted by Gasteiger charge is -2.02. The molecule has 0 aromatic heterocycles. The van der Waals surface area contributed by atoms with Crippen molar-refractivity contribution in [3.63, 3.8) is 0 Å². The maximum atomic E-state index is 11.7. The SMILES string of the molecule is CCCCCCCCCCCCCCCCC=NC(=O)N=CCCCCCCCCCCCCCCCC. The van der Waals surface area contributed by atoms with Gasteiger partial charge in [0.05, 0.1) is 0 Å². The maximum absolute atomic E-state index is 11.7. The molecule has 0 atom stereocenters. The van der Waals surface area contributed by atoms with Gasteiger partial charge < -0.3 is 0 Å². The summed E-state index contributed by atoms with van der Waals surface area (Å²) >= 11 is 0. The lowest BCUT2D eigenvalue weighted by atomic mass is 10.0. The molecule has 0 heterocycles. The molecule has 224 valence electrons. The first-order chi connectivity index (χ1) is 18.8. The van der Waals surface area contributed by atoms with Crippen LogP contribution in [-0.4, -0.2) is 18.5 Å². The fourth-order valence-electron chi connectivity index (χ4n) is 5.18. The summed E-state index contributed by atoms with van der Waals surface area (Å²) in [6.45, 7) is 4.57. The highest BCUT2D eigenvalue weighted by molar-refractivity contribution is 5.89. The molecular weight excluding hydrogens is 464 g/mol. The number of hydrogen-bond acceptors (Lipinski definition) is 1. The van der Waals surface area contributed by atoms with Crippen LogP contribution in [0.25, 0.3) is 0 Å². The Labute approximate surface area is 239 Å². The Balaban J connectivity index is 3.28. The summed E-state index contributed by atoms with van der Waals surface area (Å²) in [5.41, 5.74) is 0. The molecule has 0 aliphatic heterocycles. The van der Waals surface area contributed by atoms with Crippen molar-refractivity contribution in [1.29, 1.82) is 0 Å². The predicted molar refractivity (Wildman–Crippen MR) is 172 cm³/mol. The van der Waals surface area contributed by atoms with Crippen molar-refractivity contribution in [3.05, 3.63) is 0 Å². The van der Waals surface area contributed by atoms with Crippen molar-refractivity contribution in [2.75, 3.05) is 0 Å². The fourth-order valence-corrected chi connectivity index (χ4v) is 5.18. The average molecular weight is 533 g/mol. The summed E-state index contributed by atoms with van der Waals surface area (Å²) in [5.74, 6) is 0. The molecule has 0 aromatic carbocycles. The molecule has 0 radical (unpaired) electrons. The van der Waals surface area contributed by atoms with Gasteiger partial charge in [0.2, 0.25) is 0 Å². The van der Waals surface area contributed by atoms with Gasteiger partial charge in [-0.3, -0.25) is 0 Å². The lowest BCUT2D eigenvalue weighted by molar-refractivity contribution is 0.257. The van der Waals surface area contributed by atoms with E-state index in [1.807, 2.05) is 0 Å². The van der Waals surface area contributed by atoms with Gasteiger partial charge in [-0.25, -0.2) is 14.8 Å². The molecule has 0 N–H and O–H groups in total. The lowest BCUT2D eigenvalue weighted by Crippen LogP contribution is -1.89. The van der Waals surface area contributed by atoms with Gasteiger partial charge in [0, 0.05) is 12.4 Å². The molecule has 0 saturated carbocycles. The van der Waals surface area contributed by atoms with Gasteiger partial charge in [-0.15, -0.1) is 0 Å². The third kappa shape index (κ3) is 33.0. The Morgan fingerprint density at radius 3 is 0.816 bits per heavy atom. The molecule has 0 aromatic rings. The first-order valence-corrected chi connectivity index (χ1v) is 17.4. The normalized spacial score (nSPS) is 11.8. The number of amides is 2. The molecular formula is C35H68N2O. The van der Waals surface area contributed by atoms with Crippen LogP contribution in [0.1, 0.15) is 206 Å². The van der Waals surface area contributed by atoms with Crippen molar-refractivity contribution >= 4 is 18.5 Å². The number of aliphatic imine (C=N–C) groups is 2. The monoisotopic (exact) mass is 533 g/mol. The van der Waals surface area contributed by atoms with E-state index in [9.17, 15) is 4.79 Å². The predicted octanol–water partition coefficient (Wildman–Crippen LogP) is 13.0. The molecule has 3 heteroatoms. The smallest absolute Gasteiger partial charge is 0.244 e. The van der Waals surface area contributed by atoms with Crippen LogP contribution in [0.5, 0.6) is 0 Å². The highest BCUT2D eigenvalue weighted by Gasteiger charge is 1.96. The van der Waals surface area contributed by atoms with Gasteiger partial charge in [-0.2, -0.15) is 0 Å². The summed E-state index contributed by atoms with van der Waals surface area (Å²) in [5, 5.41) is 0. The van der Waals surface area contributed by atoms with E-state index in [0.717, 1.165) is 25.7 Å². The summed E-state index contributed by atoms with van der Waals surface area (Å²) in [7, 11) is 0. The number of carbonyl (C=O) groups excluding carboxylic acids is 1. The molecule has 0 rings (SSSR count). The molecule has 0 aliphatic rings. The maximum Gasteiger partial charge on any atom is 0.366 e. The van der Waals surface area contributed by atoms with E-state index in [1.165, 1.54) is 167 Å². The molecule has 0 fully saturated rings. The van der Waals surface area contributed by atoms with E-state index in [0.29, 0.717) is 0 Å². The van der Waals surface area contributed by atoms with Gasteiger partial charge in [-0.05, 0) is 25.7 Å². The Hall–Kier alpha value is -0.990. The highest BCUT2D eigenvalue weighted by Crippen LogP contribution is 2.14. The van der Waals surface area contributed by atoms with E-state index >= 15 is 0 Å². The van der Waals surface area contributed by atoms with Crippen molar-refractivity contribution in [2.45, 2.75) is 206 Å². The van der Waals surface area contributed by atoms with E-state index in [2.05, 4.69) is 23.8 Å². The Morgan fingerprint density at radius 1 is 0.368 bits per heavy atom. The number of nitrogens with zero attached hydrogens (tertiary/aromatic N) is 2. The molecule has 0 aliphatic carbocycles. The molecule has 0 saturated heterocycles. The van der Waals surface area contributed by atoms with Gasteiger partial charge in [0.25, 0.3) is 0 Å². The van der Waals surface area contributed by atoms with Crippen LogP contribution in [-0.2, 0) is 0 Å². The Bertz CT molecular complexity index is 470. The summed E-state index contributed by atoms with van der Waals surface area (Å²) in [6.07, 6.45) is 43.7. The minimum absolute atomic E-state index is 0.333. The number of rotatable bonds is 30. The van der Waals surface area contributed by atoms with Crippen LogP contribution in [0, 0.1) is 0 Å². The van der Waals surface area contributed by atoms with Crippen LogP contribution >= 0.6 is 0 Å². The Morgan fingerprint density at radius 2 is 0.579 bits per heavy atom. The molecule has 0 spiro atoms. The van der Waals surface area contributed by atoms with Gasteiger partial charge in [-0.1, -0.05) is 181 Å². The second kappa shape index (κ2) is 34.0. The number of carbonyl (C=O) groups is 1. The summed E-state index contributed by atoms with van der Waals surface area (Å²) in [6, 6.07) is -0.333. The molecule has 0 unspecified atom stereocenters. The number of unbranched alkanes of at least 4 members (excludes halogenated alkanes) is 28. The van der Waals surface area contributed by atoms with Crippen LogP contribution < -0.4 is 0 Å². The van der Waals surface area contributed by atoms with Gasteiger partial charge in [0.1, 0.15) is 0 Å². The van der Waals surface area contributed by atoms with E-state index in [-0.39, 0.29) is 6.03 Å². The van der Waals surface area contributed by atoms with Crippen molar-refractivity contribution in [3.8, 4) is 0 Å². The number of hydrogen-bond donors (Lipinski definition) is 0. The summed E-state index contributed by atoms with van der Waals surface area (Å²) < 4.78 is 0. The topological polar surface area (TPSA) is 41.8 Å². The molecule has 2 amide bonds. The first kappa shape index (κ1) is 37.0. The zero-order chi connectivity index (χ0) is 27.6.